The SMILES string of the molecule is CCN1C(=O)/C(=C\c2ccccc2OCc2ccc(Cl)cc2Cl)SC1=Nc1cccc(C(=O)O)c1. The number of thioether (sulfide) groups is 1. The molecule has 0 saturated carbocycles. The number of amidine groups is 1. The second-order valence-corrected chi connectivity index (χ2v) is 9.32. The van der Waals surface area contributed by atoms with Gasteiger partial charge in [0.2, 0.25) is 0 Å². The van der Waals surface area contributed by atoms with Crippen LogP contribution in [0.2, 0.25) is 10.0 Å². The summed E-state index contributed by atoms with van der Waals surface area (Å²) in [7, 11) is 0. The molecule has 178 valence electrons. The first-order chi connectivity index (χ1) is 16.9. The first kappa shape index (κ1) is 24.9. The Morgan fingerprint density at radius 2 is 1.91 bits per heavy atom. The van der Waals surface area contributed by atoms with E-state index in [1.54, 1.807) is 35.2 Å². The maximum atomic E-state index is 13.1. The lowest BCUT2D eigenvalue weighted by molar-refractivity contribution is -0.122. The van der Waals surface area contributed by atoms with E-state index in [4.69, 9.17) is 27.9 Å². The largest absolute Gasteiger partial charge is 0.488 e. The van der Waals surface area contributed by atoms with E-state index >= 15 is 0 Å². The van der Waals surface area contributed by atoms with Gasteiger partial charge in [0.15, 0.2) is 5.17 Å². The average molecular weight is 527 g/mol. The van der Waals surface area contributed by atoms with E-state index in [0.29, 0.717) is 38.1 Å². The van der Waals surface area contributed by atoms with Gasteiger partial charge in [-0.25, -0.2) is 9.79 Å². The number of carbonyl (C=O) groups is 2. The van der Waals surface area contributed by atoms with Crippen molar-refractivity contribution in [1.82, 2.24) is 4.90 Å². The molecule has 1 saturated heterocycles. The lowest BCUT2D eigenvalue weighted by Crippen LogP contribution is -2.28. The molecule has 1 aliphatic heterocycles. The zero-order chi connectivity index (χ0) is 24.9. The number of para-hydroxylation sites is 1. The summed E-state index contributed by atoms with van der Waals surface area (Å²) in [6, 6.07) is 18.9. The van der Waals surface area contributed by atoms with Crippen molar-refractivity contribution < 1.29 is 19.4 Å². The molecule has 0 aromatic heterocycles. The summed E-state index contributed by atoms with van der Waals surface area (Å²) in [5, 5.41) is 10.8. The topological polar surface area (TPSA) is 79.2 Å². The smallest absolute Gasteiger partial charge is 0.335 e. The van der Waals surface area contributed by atoms with Crippen molar-refractivity contribution in [2.24, 2.45) is 4.99 Å². The van der Waals surface area contributed by atoms with Gasteiger partial charge >= 0.3 is 5.97 Å². The Balaban J connectivity index is 1.59. The van der Waals surface area contributed by atoms with E-state index in [2.05, 4.69) is 4.99 Å². The second-order valence-electron chi connectivity index (χ2n) is 7.47. The molecule has 9 heteroatoms. The van der Waals surface area contributed by atoms with Crippen molar-refractivity contribution in [1.29, 1.82) is 0 Å². The van der Waals surface area contributed by atoms with Crippen LogP contribution in [-0.4, -0.2) is 33.6 Å². The van der Waals surface area contributed by atoms with E-state index in [9.17, 15) is 14.7 Å². The van der Waals surface area contributed by atoms with Crippen LogP contribution in [0.3, 0.4) is 0 Å². The van der Waals surface area contributed by atoms with Crippen molar-refractivity contribution in [3.05, 3.63) is 98.4 Å². The molecule has 6 nitrogen and oxygen atoms in total. The first-order valence-electron chi connectivity index (χ1n) is 10.6. The molecule has 1 amide bonds. The summed E-state index contributed by atoms with van der Waals surface area (Å²) >= 11 is 13.5. The Hall–Kier alpha value is -3.26. The number of aliphatic imine (C=N–C) groups is 1. The van der Waals surface area contributed by atoms with Crippen molar-refractivity contribution >= 4 is 63.8 Å². The average Bonchev–Trinajstić information content (AvgIpc) is 3.13. The van der Waals surface area contributed by atoms with Crippen LogP contribution in [0.5, 0.6) is 5.75 Å². The maximum absolute atomic E-state index is 13.1. The third-order valence-corrected chi connectivity index (χ3v) is 6.72. The summed E-state index contributed by atoms with van der Waals surface area (Å²) in [5.41, 5.74) is 2.12. The number of ether oxygens (including phenoxy) is 1. The van der Waals surface area contributed by atoms with Crippen molar-refractivity contribution in [3.8, 4) is 5.75 Å². The number of amides is 1. The number of halogens is 2. The number of hydrogen-bond donors (Lipinski definition) is 1. The van der Waals surface area contributed by atoms with Crippen LogP contribution in [0.1, 0.15) is 28.4 Å². The van der Waals surface area contributed by atoms with Gasteiger partial charge in [-0.15, -0.1) is 0 Å². The third-order valence-electron chi connectivity index (χ3n) is 5.13. The zero-order valence-electron chi connectivity index (χ0n) is 18.6. The van der Waals surface area contributed by atoms with Crippen molar-refractivity contribution in [3.63, 3.8) is 0 Å². The monoisotopic (exact) mass is 526 g/mol. The summed E-state index contributed by atoms with van der Waals surface area (Å²) < 4.78 is 6.01. The molecule has 0 radical (unpaired) electrons. The molecular weight excluding hydrogens is 507 g/mol. The van der Waals surface area contributed by atoms with Gasteiger partial charge < -0.3 is 9.84 Å². The molecule has 35 heavy (non-hydrogen) atoms. The van der Waals surface area contributed by atoms with E-state index < -0.39 is 5.97 Å². The fourth-order valence-electron chi connectivity index (χ4n) is 3.36. The highest BCUT2D eigenvalue weighted by atomic mass is 35.5. The van der Waals surface area contributed by atoms with Crippen LogP contribution in [0.15, 0.2) is 76.6 Å². The van der Waals surface area contributed by atoms with E-state index in [-0.39, 0.29) is 18.1 Å². The molecule has 3 aromatic carbocycles. The number of rotatable bonds is 7. The number of benzene rings is 3. The number of nitrogens with zero attached hydrogens (tertiary/aromatic N) is 2. The van der Waals surface area contributed by atoms with Crippen molar-refractivity contribution in [2.75, 3.05) is 6.54 Å². The highest BCUT2D eigenvalue weighted by molar-refractivity contribution is 8.18. The predicted molar refractivity (Wildman–Crippen MR) is 141 cm³/mol. The maximum Gasteiger partial charge on any atom is 0.335 e. The van der Waals surface area contributed by atoms with Crippen molar-refractivity contribution in [2.45, 2.75) is 13.5 Å². The van der Waals surface area contributed by atoms with E-state index in [1.807, 2.05) is 37.3 Å². The molecule has 1 heterocycles. The van der Waals surface area contributed by atoms with Gasteiger partial charge in [0.1, 0.15) is 12.4 Å². The molecule has 1 N–H and O–H groups in total. The molecule has 0 bridgehead atoms. The van der Waals surface area contributed by atoms with Crippen LogP contribution in [0.4, 0.5) is 5.69 Å². The van der Waals surface area contributed by atoms with Gasteiger partial charge in [-0.2, -0.15) is 0 Å². The lowest BCUT2D eigenvalue weighted by atomic mass is 10.1. The molecule has 0 unspecified atom stereocenters. The van der Waals surface area contributed by atoms with Crippen LogP contribution in [-0.2, 0) is 11.4 Å². The Labute approximate surface area is 216 Å². The van der Waals surface area contributed by atoms with Gasteiger partial charge in [-0.05, 0) is 61.2 Å². The van der Waals surface area contributed by atoms with Gasteiger partial charge in [0, 0.05) is 27.7 Å². The third kappa shape index (κ3) is 5.88. The van der Waals surface area contributed by atoms with Crippen LogP contribution in [0.25, 0.3) is 6.08 Å². The number of aromatic carboxylic acids is 1. The molecule has 1 aliphatic rings. The molecule has 1 fully saturated rings. The number of carbonyl (C=O) groups excluding carboxylic acids is 1. The minimum Gasteiger partial charge on any atom is -0.488 e. The molecular formula is C26H20Cl2N2O4S. The molecule has 4 rings (SSSR count). The Kier molecular flexibility index (Phi) is 7.80. The number of hydrogen-bond acceptors (Lipinski definition) is 5. The molecule has 3 aromatic rings. The predicted octanol–water partition coefficient (Wildman–Crippen LogP) is 6.89. The minimum atomic E-state index is -1.04. The Morgan fingerprint density at radius 1 is 1.11 bits per heavy atom. The Morgan fingerprint density at radius 3 is 2.66 bits per heavy atom. The fourth-order valence-corrected chi connectivity index (χ4v) is 4.87. The lowest BCUT2D eigenvalue weighted by Gasteiger charge is -2.12. The van der Waals surface area contributed by atoms with Gasteiger partial charge in [0.05, 0.1) is 16.2 Å². The van der Waals surface area contributed by atoms with Gasteiger partial charge in [-0.1, -0.05) is 53.5 Å². The van der Waals surface area contributed by atoms with E-state index in [0.717, 1.165) is 11.1 Å². The summed E-state index contributed by atoms with van der Waals surface area (Å²) in [6.45, 7) is 2.52. The number of likely N-dealkylation sites (N-methyl/N-ethyl adjacent to an activating group) is 1. The molecule has 0 atom stereocenters. The standard InChI is InChI=1S/C26H20Cl2N2O4S/c1-2-30-24(31)23(35-26(30)29-20-8-5-7-17(12-20)25(32)33)13-16-6-3-4-9-22(16)34-15-18-10-11-19(27)14-21(18)28/h3-14H,2,15H2,1H3,(H,32,33)/b23-13+,29-26?. The first-order valence-corrected chi connectivity index (χ1v) is 12.2. The zero-order valence-corrected chi connectivity index (χ0v) is 20.9. The summed E-state index contributed by atoms with van der Waals surface area (Å²) in [5.74, 6) is -0.616. The van der Waals surface area contributed by atoms with Gasteiger partial charge in [-0.3, -0.25) is 9.69 Å². The normalized spacial score (nSPS) is 15.7. The second kappa shape index (κ2) is 11.0. The van der Waals surface area contributed by atoms with E-state index in [1.165, 1.54) is 23.9 Å². The number of carboxylic acid groups (broad SMARTS) is 1. The number of carboxylic acids is 1. The molecule has 0 aliphatic carbocycles. The van der Waals surface area contributed by atoms with Crippen LogP contribution >= 0.6 is 35.0 Å². The summed E-state index contributed by atoms with van der Waals surface area (Å²) in [4.78, 5) is 30.9. The fraction of sp³-hybridized carbons (Fsp3) is 0.115. The van der Waals surface area contributed by atoms with Crippen LogP contribution < -0.4 is 4.74 Å². The minimum absolute atomic E-state index is 0.131. The Bertz CT molecular complexity index is 1360. The highest BCUT2D eigenvalue weighted by Crippen LogP contribution is 2.36. The van der Waals surface area contributed by atoms with Gasteiger partial charge in [0.25, 0.3) is 5.91 Å². The summed E-state index contributed by atoms with van der Waals surface area (Å²) in [6.07, 6.45) is 1.77. The quantitative estimate of drug-likeness (QED) is 0.339. The highest BCUT2D eigenvalue weighted by Gasteiger charge is 2.32. The molecule has 0 spiro atoms. The van der Waals surface area contributed by atoms with Crippen LogP contribution in [0, 0.1) is 0 Å².